The third-order valence-corrected chi connectivity index (χ3v) is 11.3. The van der Waals surface area contributed by atoms with Crippen LogP contribution in [0.5, 0.6) is 0 Å². The summed E-state index contributed by atoms with van der Waals surface area (Å²) in [5, 5.41) is 2.68. The third kappa shape index (κ3) is 66.3. The maximum Gasteiger partial charge on any atom is 0.307 e. The van der Waals surface area contributed by atoms with Gasteiger partial charge in [-0.05, 0) is 0 Å². The molecule has 0 atom stereocenters. The summed E-state index contributed by atoms with van der Waals surface area (Å²) >= 11 is 0. The summed E-state index contributed by atoms with van der Waals surface area (Å²) in [4.78, 5) is 46.8. The van der Waals surface area contributed by atoms with Crippen molar-refractivity contribution in [1.82, 2.24) is 10.2 Å². The summed E-state index contributed by atoms with van der Waals surface area (Å²) in [5.74, 6) is -1.36. The van der Waals surface area contributed by atoms with Crippen LogP contribution in [0, 0.1) is 0 Å². The van der Waals surface area contributed by atoms with Gasteiger partial charge in [0.2, 0.25) is 5.91 Å². The molecule has 0 unspecified atom stereocenters. The second kappa shape index (κ2) is 73.3. The molecule has 0 saturated heterocycles. The van der Waals surface area contributed by atoms with Crippen LogP contribution in [-0.4, -0.2) is 366 Å². The molecule has 1 N–H and O–H groups in total. The smallest absolute Gasteiger partial charge is 0.307 e. The molecule has 0 fully saturated rings. The fourth-order valence-electron chi connectivity index (χ4n) is 6.63. The average molecular weight is 1310 g/mol. The van der Waals surface area contributed by atoms with E-state index in [-0.39, 0.29) is 31.3 Å². The predicted molar refractivity (Wildman–Crippen MR) is 320 cm³/mol. The largest absolute Gasteiger partial charge is 0.469 e. The summed E-state index contributed by atoms with van der Waals surface area (Å²) in [6.45, 7) is 22.3. The number of carbonyl (C=O) groups excluding carboxylic acids is 4. The Morgan fingerprint density at radius 3 is 0.611 bits per heavy atom. The van der Waals surface area contributed by atoms with E-state index < -0.39 is 11.8 Å². The van der Waals surface area contributed by atoms with Crippen molar-refractivity contribution < 1.29 is 138 Å². The predicted octanol–water partition coefficient (Wildman–Crippen LogP) is -0.621. The number of rotatable bonds is 78. The Morgan fingerprint density at radius 1 is 0.267 bits per heavy atom. The van der Waals surface area contributed by atoms with Crippen LogP contribution in [0.2, 0.25) is 0 Å². The van der Waals surface area contributed by atoms with Gasteiger partial charge in [0, 0.05) is 31.7 Å². The zero-order valence-corrected chi connectivity index (χ0v) is 53.7. The zero-order valence-electron chi connectivity index (χ0n) is 53.7. The Morgan fingerprint density at radius 2 is 0.433 bits per heavy atom. The van der Waals surface area contributed by atoms with Gasteiger partial charge in [0.1, 0.15) is 0 Å². The molecular weight excluding hydrogens is 1200 g/mol. The van der Waals surface area contributed by atoms with Gasteiger partial charge < -0.3 is 124 Å². The Hall–Kier alpha value is -3.14. The van der Waals surface area contributed by atoms with E-state index in [1.54, 1.807) is 0 Å². The van der Waals surface area contributed by atoms with E-state index in [0.29, 0.717) is 324 Å². The number of nitrogens with one attached hydrogen (secondary N) is 1. The van der Waals surface area contributed by atoms with Gasteiger partial charge >= 0.3 is 5.97 Å². The lowest BCUT2D eigenvalue weighted by Crippen LogP contribution is -2.35. The number of nitrogens with zero attached hydrogens (tertiary/aromatic N) is 1. The first-order valence-corrected chi connectivity index (χ1v) is 31.3. The molecule has 530 valence electrons. The van der Waals surface area contributed by atoms with Crippen molar-refractivity contribution in [3.8, 4) is 0 Å². The highest BCUT2D eigenvalue weighted by Gasteiger charge is 2.23. The van der Waals surface area contributed by atoms with Gasteiger partial charge in [0.25, 0.3) is 11.8 Å². The van der Waals surface area contributed by atoms with Crippen molar-refractivity contribution in [3.05, 3.63) is 12.2 Å². The van der Waals surface area contributed by atoms with Gasteiger partial charge in [0.05, 0.1) is 331 Å². The number of hydrogen-bond acceptors (Lipinski definition) is 29. The first-order chi connectivity index (χ1) is 44.5. The van der Waals surface area contributed by atoms with Crippen LogP contribution < -0.4 is 5.32 Å². The topological polar surface area (TPSA) is 314 Å². The SMILES string of the molecule is COC(=O)CCOCCOCCOCCOCCOCCOCCOCCOCCOCCOCCOCCOCCOCCOCCOCCOCCOCCOCCOCCOCCOCCOCCOCCOCCNC(=O)CCN1C(=O)C=CC1=O. The first-order valence-electron chi connectivity index (χ1n) is 31.3. The first kappa shape index (κ1) is 84.9. The minimum Gasteiger partial charge on any atom is -0.469 e. The standard InChI is InChI=1S/C59H110N2O29/c1-66-59(65)5-8-67-10-12-69-14-16-71-18-20-73-22-24-75-26-28-77-30-32-79-34-36-81-38-40-83-42-44-85-46-48-87-50-52-89-54-55-90-53-51-88-49-47-86-45-43-84-41-39-82-37-35-80-33-31-78-29-27-76-25-23-74-21-19-72-17-15-70-13-11-68-9-6-60-56(62)4-7-61-57(63)2-3-58(61)64/h2-3H,4-55H2,1H3,(H,60,62). The monoisotopic (exact) mass is 1310 g/mol. The van der Waals surface area contributed by atoms with Gasteiger partial charge in [-0.1, -0.05) is 0 Å². The normalized spacial score (nSPS) is 12.4. The molecule has 0 saturated carbocycles. The van der Waals surface area contributed by atoms with Crippen molar-refractivity contribution in [2.45, 2.75) is 12.8 Å². The highest BCUT2D eigenvalue weighted by Crippen LogP contribution is 2.04. The molecule has 31 nitrogen and oxygen atoms in total. The summed E-state index contributed by atoms with van der Waals surface area (Å²) in [7, 11) is 1.35. The van der Waals surface area contributed by atoms with Crippen LogP contribution in [0.15, 0.2) is 12.2 Å². The number of ether oxygens (including phenoxy) is 25. The van der Waals surface area contributed by atoms with Gasteiger partial charge in [-0.2, -0.15) is 0 Å². The van der Waals surface area contributed by atoms with Crippen LogP contribution in [-0.2, 0) is 138 Å². The lowest BCUT2D eigenvalue weighted by atomic mass is 10.3. The summed E-state index contributed by atoms with van der Waals surface area (Å²) in [6, 6.07) is 0. The van der Waals surface area contributed by atoms with Gasteiger partial charge in [0.15, 0.2) is 0 Å². The number of imide groups is 1. The molecule has 1 aliphatic heterocycles. The zero-order chi connectivity index (χ0) is 64.5. The highest BCUT2D eigenvalue weighted by molar-refractivity contribution is 6.13. The summed E-state index contributed by atoms with van der Waals surface area (Å²) in [6.07, 6.45) is 2.66. The van der Waals surface area contributed by atoms with E-state index in [1.807, 2.05) is 0 Å². The van der Waals surface area contributed by atoms with Crippen LogP contribution in [0.4, 0.5) is 0 Å². The molecule has 31 heteroatoms. The highest BCUT2D eigenvalue weighted by atomic mass is 16.6. The van der Waals surface area contributed by atoms with Gasteiger partial charge in [-0.3, -0.25) is 24.1 Å². The quantitative estimate of drug-likeness (QED) is 0.0451. The number of amides is 3. The number of hydrogen-bond donors (Lipinski definition) is 1. The molecule has 1 heterocycles. The summed E-state index contributed by atoms with van der Waals surface area (Å²) < 4.78 is 136. The van der Waals surface area contributed by atoms with E-state index in [4.69, 9.17) is 114 Å². The summed E-state index contributed by atoms with van der Waals surface area (Å²) in [5.41, 5.74) is 0. The van der Waals surface area contributed by atoms with E-state index >= 15 is 0 Å². The van der Waals surface area contributed by atoms with Crippen molar-refractivity contribution in [1.29, 1.82) is 0 Å². The van der Waals surface area contributed by atoms with Gasteiger partial charge in [-0.15, -0.1) is 0 Å². The van der Waals surface area contributed by atoms with Crippen LogP contribution in [0.1, 0.15) is 12.8 Å². The van der Waals surface area contributed by atoms with Gasteiger partial charge in [-0.25, -0.2) is 0 Å². The molecule has 0 aromatic carbocycles. The lowest BCUT2D eigenvalue weighted by Gasteiger charge is -2.13. The van der Waals surface area contributed by atoms with E-state index in [9.17, 15) is 19.2 Å². The van der Waals surface area contributed by atoms with Crippen LogP contribution in [0.25, 0.3) is 0 Å². The van der Waals surface area contributed by atoms with Crippen molar-refractivity contribution in [3.63, 3.8) is 0 Å². The van der Waals surface area contributed by atoms with Crippen LogP contribution >= 0.6 is 0 Å². The second-order valence-electron chi connectivity index (χ2n) is 18.3. The third-order valence-electron chi connectivity index (χ3n) is 11.3. The molecule has 0 spiro atoms. The average Bonchev–Trinajstić information content (AvgIpc) is 4.17. The van der Waals surface area contributed by atoms with E-state index in [1.165, 1.54) is 19.3 Å². The molecule has 90 heavy (non-hydrogen) atoms. The Labute approximate surface area is 532 Å². The van der Waals surface area contributed by atoms with Crippen LogP contribution in [0.3, 0.4) is 0 Å². The lowest BCUT2D eigenvalue weighted by molar-refractivity contribution is -0.142. The molecule has 1 aliphatic rings. The second-order valence-corrected chi connectivity index (χ2v) is 18.3. The Kier molecular flexibility index (Phi) is 69.1. The number of methoxy groups -OCH3 is 1. The van der Waals surface area contributed by atoms with Crippen molar-refractivity contribution >= 4 is 23.7 Å². The van der Waals surface area contributed by atoms with Crippen molar-refractivity contribution in [2.24, 2.45) is 0 Å². The Bertz CT molecular complexity index is 1550. The fraction of sp³-hybridized carbons (Fsp3) is 0.898. The molecule has 1 rings (SSSR count). The number of esters is 1. The fourth-order valence-corrected chi connectivity index (χ4v) is 6.63. The molecule has 0 aromatic rings. The molecule has 0 radical (unpaired) electrons. The molecule has 0 aromatic heterocycles. The molecule has 3 amide bonds. The molecule has 0 aliphatic carbocycles. The molecule has 0 bridgehead atoms. The van der Waals surface area contributed by atoms with Crippen molar-refractivity contribution in [2.75, 3.05) is 337 Å². The van der Waals surface area contributed by atoms with E-state index in [2.05, 4.69) is 10.1 Å². The minimum atomic E-state index is -0.403. The molecular formula is C59H110N2O29. The Balaban J connectivity index is 1.59. The van der Waals surface area contributed by atoms with E-state index in [0.717, 1.165) is 4.90 Å². The number of carbonyl (C=O) groups is 4. The maximum absolute atomic E-state index is 11.8. The maximum atomic E-state index is 11.8. The minimum absolute atomic E-state index is 0.0438.